The van der Waals surface area contributed by atoms with Gasteiger partial charge in [0.2, 0.25) is 0 Å². The van der Waals surface area contributed by atoms with Crippen LogP contribution in [0.5, 0.6) is 5.75 Å². The quantitative estimate of drug-likeness (QED) is 0.748. The summed E-state index contributed by atoms with van der Waals surface area (Å²) < 4.78 is 10.2. The van der Waals surface area contributed by atoms with E-state index in [1.54, 1.807) is 49.4 Å². The number of amides is 2. The van der Waals surface area contributed by atoms with Gasteiger partial charge in [0.15, 0.2) is 6.61 Å². The van der Waals surface area contributed by atoms with Crippen molar-refractivity contribution in [1.82, 2.24) is 0 Å². The fraction of sp³-hybridized carbons (Fsp3) is 0.167. The zero-order valence-corrected chi connectivity index (χ0v) is 13.7. The van der Waals surface area contributed by atoms with E-state index in [0.717, 1.165) is 0 Å². The van der Waals surface area contributed by atoms with E-state index in [-0.39, 0.29) is 24.5 Å². The van der Waals surface area contributed by atoms with E-state index in [9.17, 15) is 14.4 Å². The second-order valence-electron chi connectivity index (χ2n) is 5.01. The monoisotopic (exact) mass is 342 g/mol. The van der Waals surface area contributed by atoms with Crippen molar-refractivity contribution < 1.29 is 23.9 Å². The first kappa shape index (κ1) is 18.0. The normalized spacial score (nSPS) is 9.96. The van der Waals surface area contributed by atoms with Crippen LogP contribution in [0, 0.1) is 0 Å². The van der Waals surface area contributed by atoms with Crippen LogP contribution in [-0.2, 0) is 9.53 Å². The standard InChI is InChI=1S/C18H18N2O5/c1-2-24-18(23)12-6-5-7-13(10-12)20-17(22)14-8-3-4-9-15(14)25-11-16(19)21/h3-10H,2,11H2,1H3,(H2,19,21)(H,20,22). The van der Waals surface area contributed by atoms with Crippen LogP contribution in [0.3, 0.4) is 0 Å². The number of nitrogens with one attached hydrogen (secondary N) is 1. The van der Waals surface area contributed by atoms with Crippen molar-refractivity contribution in [2.75, 3.05) is 18.5 Å². The predicted octanol–water partition coefficient (Wildman–Crippen LogP) is 1.98. The molecule has 0 heterocycles. The summed E-state index contributed by atoms with van der Waals surface area (Å²) in [6, 6.07) is 12.9. The average Bonchev–Trinajstić information content (AvgIpc) is 2.60. The van der Waals surface area contributed by atoms with Crippen LogP contribution < -0.4 is 15.8 Å². The van der Waals surface area contributed by atoms with Crippen LogP contribution in [-0.4, -0.2) is 31.0 Å². The van der Waals surface area contributed by atoms with Crippen molar-refractivity contribution in [3.8, 4) is 5.75 Å². The van der Waals surface area contributed by atoms with Gasteiger partial charge in [0.25, 0.3) is 11.8 Å². The summed E-state index contributed by atoms with van der Waals surface area (Å²) in [6.45, 7) is 1.65. The summed E-state index contributed by atoms with van der Waals surface area (Å²) in [6.07, 6.45) is 0. The summed E-state index contributed by atoms with van der Waals surface area (Å²) in [5, 5.41) is 2.68. The Bertz CT molecular complexity index is 789. The Hall–Kier alpha value is -3.35. The minimum atomic E-state index is -0.641. The number of nitrogens with two attached hydrogens (primary N) is 1. The molecule has 25 heavy (non-hydrogen) atoms. The molecule has 0 radical (unpaired) electrons. The van der Waals surface area contributed by atoms with Crippen molar-refractivity contribution >= 4 is 23.5 Å². The lowest BCUT2D eigenvalue weighted by Crippen LogP contribution is -2.21. The summed E-state index contributed by atoms with van der Waals surface area (Å²) >= 11 is 0. The van der Waals surface area contributed by atoms with Crippen LogP contribution in [0.4, 0.5) is 5.69 Å². The zero-order chi connectivity index (χ0) is 18.2. The van der Waals surface area contributed by atoms with Gasteiger partial charge in [0.1, 0.15) is 5.75 Å². The van der Waals surface area contributed by atoms with Gasteiger partial charge in [0.05, 0.1) is 17.7 Å². The number of carbonyl (C=O) groups excluding carboxylic acids is 3. The largest absolute Gasteiger partial charge is 0.483 e. The molecule has 7 heteroatoms. The molecule has 0 aromatic heterocycles. The van der Waals surface area contributed by atoms with Crippen molar-refractivity contribution in [3.05, 3.63) is 59.7 Å². The molecule has 0 saturated heterocycles. The van der Waals surface area contributed by atoms with Gasteiger partial charge in [-0.1, -0.05) is 18.2 Å². The van der Waals surface area contributed by atoms with Gasteiger partial charge in [-0.3, -0.25) is 9.59 Å². The maximum atomic E-state index is 12.5. The Labute approximate surface area is 144 Å². The van der Waals surface area contributed by atoms with Gasteiger partial charge in [-0.2, -0.15) is 0 Å². The van der Waals surface area contributed by atoms with Crippen molar-refractivity contribution in [2.24, 2.45) is 5.73 Å². The average molecular weight is 342 g/mol. The molecule has 0 aliphatic rings. The number of anilines is 1. The lowest BCUT2D eigenvalue weighted by molar-refractivity contribution is -0.119. The second kappa shape index (κ2) is 8.49. The lowest BCUT2D eigenvalue weighted by atomic mass is 10.1. The Morgan fingerprint density at radius 2 is 1.84 bits per heavy atom. The first-order valence-corrected chi connectivity index (χ1v) is 7.60. The van der Waals surface area contributed by atoms with Gasteiger partial charge < -0.3 is 20.5 Å². The van der Waals surface area contributed by atoms with E-state index in [1.165, 1.54) is 6.07 Å². The number of benzene rings is 2. The smallest absolute Gasteiger partial charge is 0.338 e. The van der Waals surface area contributed by atoms with Gasteiger partial charge in [0, 0.05) is 5.69 Å². The van der Waals surface area contributed by atoms with Crippen LogP contribution in [0.25, 0.3) is 0 Å². The molecule has 0 bridgehead atoms. The first-order chi connectivity index (χ1) is 12.0. The van der Waals surface area contributed by atoms with Crippen molar-refractivity contribution in [2.45, 2.75) is 6.92 Å². The molecular formula is C18H18N2O5. The maximum absolute atomic E-state index is 12.5. The molecule has 0 aliphatic heterocycles. The molecule has 2 rings (SSSR count). The summed E-state index contributed by atoms with van der Waals surface area (Å²) in [5.41, 5.74) is 6.05. The number of hydrogen-bond donors (Lipinski definition) is 2. The fourth-order valence-electron chi connectivity index (χ4n) is 2.07. The molecule has 0 aliphatic carbocycles. The van der Waals surface area contributed by atoms with Crippen LogP contribution in [0.15, 0.2) is 48.5 Å². The van der Waals surface area contributed by atoms with Gasteiger partial charge >= 0.3 is 5.97 Å². The van der Waals surface area contributed by atoms with Crippen LogP contribution >= 0.6 is 0 Å². The molecule has 7 nitrogen and oxygen atoms in total. The molecule has 2 amide bonds. The molecule has 2 aromatic rings. The third-order valence-corrected chi connectivity index (χ3v) is 3.13. The van der Waals surface area contributed by atoms with Gasteiger partial charge in [-0.25, -0.2) is 4.79 Å². The highest BCUT2D eigenvalue weighted by atomic mass is 16.5. The molecule has 0 atom stereocenters. The van der Waals surface area contributed by atoms with Gasteiger partial charge in [-0.05, 0) is 37.3 Å². The number of hydrogen-bond acceptors (Lipinski definition) is 5. The minimum Gasteiger partial charge on any atom is -0.483 e. The molecule has 0 saturated carbocycles. The van der Waals surface area contributed by atoms with E-state index >= 15 is 0 Å². The highest BCUT2D eigenvalue weighted by Gasteiger charge is 2.14. The number of rotatable bonds is 7. The number of esters is 1. The van der Waals surface area contributed by atoms with Gasteiger partial charge in [-0.15, -0.1) is 0 Å². The Kier molecular flexibility index (Phi) is 6.11. The lowest BCUT2D eigenvalue weighted by Gasteiger charge is -2.11. The predicted molar refractivity (Wildman–Crippen MR) is 91.5 cm³/mol. The summed E-state index contributed by atoms with van der Waals surface area (Å²) in [7, 11) is 0. The summed E-state index contributed by atoms with van der Waals surface area (Å²) in [5.74, 6) is -1.32. The van der Waals surface area contributed by atoms with Crippen LogP contribution in [0.2, 0.25) is 0 Å². The van der Waals surface area contributed by atoms with E-state index in [0.29, 0.717) is 11.3 Å². The SMILES string of the molecule is CCOC(=O)c1cccc(NC(=O)c2ccccc2OCC(N)=O)c1. The highest BCUT2D eigenvalue weighted by molar-refractivity contribution is 6.06. The first-order valence-electron chi connectivity index (χ1n) is 7.60. The molecule has 3 N–H and O–H groups in total. The topological polar surface area (TPSA) is 108 Å². The fourth-order valence-corrected chi connectivity index (χ4v) is 2.07. The molecule has 0 fully saturated rings. The highest BCUT2D eigenvalue weighted by Crippen LogP contribution is 2.20. The second-order valence-corrected chi connectivity index (χ2v) is 5.01. The molecule has 2 aromatic carbocycles. The van der Waals surface area contributed by atoms with E-state index in [1.807, 2.05) is 0 Å². The maximum Gasteiger partial charge on any atom is 0.338 e. The zero-order valence-electron chi connectivity index (χ0n) is 13.7. The molecule has 130 valence electrons. The Morgan fingerprint density at radius 1 is 1.08 bits per heavy atom. The Morgan fingerprint density at radius 3 is 2.56 bits per heavy atom. The third-order valence-electron chi connectivity index (χ3n) is 3.13. The molecular weight excluding hydrogens is 324 g/mol. The minimum absolute atomic E-state index is 0.236. The van der Waals surface area contributed by atoms with Crippen LogP contribution in [0.1, 0.15) is 27.6 Å². The third kappa shape index (κ3) is 5.07. The van der Waals surface area contributed by atoms with E-state index in [2.05, 4.69) is 5.32 Å². The van der Waals surface area contributed by atoms with Crippen molar-refractivity contribution in [3.63, 3.8) is 0 Å². The number of ether oxygens (including phenoxy) is 2. The number of para-hydroxylation sites is 1. The van der Waals surface area contributed by atoms with E-state index in [4.69, 9.17) is 15.2 Å². The Balaban J connectivity index is 2.16. The summed E-state index contributed by atoms with van der Waals surface area (Å²) in [4.78, 5) is 35.1. The van der Waals surface area contributed by atoms with Crippen molar-refractivity contribution in [1.29, 1.82) is 0 Å². The van der Waals surface area contributed by atoms with E-state index < -0.39 is 17.8 Å². The number of primary amides is 1. The number of carbonyl (C=O) groups is 3. The molecule has 0 unspecified atom stereocenters. The molecule has 0 spiro atoms.